The Balaban J connectivity index is 2.11. The standard InChI is InChI=1S/C16H20NO4P/c18-11-9-17(10-12-19)22(20)16-8-4-2-6-14(16)13-5-1-3-7-15(13)21-22/h1-6,8,15,18-19H,7,9-12H2. The van der Waals surface area contributed by atoms with Crippen LogP contribution in [0.5, 0.6) is 0 Å². The van der Waals surface area contributed by atoms with Crippen molar-refractivity contribution in [3.05, 3.63) is 48.1 Å². The Bertz CT molecular complexity index is 649. The van der Waals surface area contributed by atoms with Crippen molar-refractivity contribution in [3.63, 3.8) is 0 Å². The number of benzene rings is 1. The van der Waals surface area contributed by atoms with Gasteiger partial charge < -0.3 is 14.7 Å². The fourth-order valence-electron chi connectivity index (χ4n) is 2.99. The molecule has 2 aliphatic rings. The Labute approximate surface area is 130 Å². The quantitative estimate of drug-likeness (QED) is 0.805. The largest absolute Gasteiger partial charge is 0.395 e. The third kappa shape index (κ3) is 2.60. The molecule has 1 aliphatic carbocycles. The number of aliphatic hydroxyl groups excluding tert-OH is 2. The molecule has 2 unspecified atom stereocenters. The van der Waals surface area contributed by atoms with Crippen LogP contribution in [-0.2, 0) is 9.09 Å². The Morgan fingerprint density at radius 1 is 1.23 bits per heavy atom. The summed E-state index contributed by atoms with van der Waals surface area (Å²) in [5.74, 6) is 0. The predicted octanol–water partition coefficient (Wildman–Crippen LogP) is 1.53. The molecule has 0 fully saturated rings. The monoisotopic (exact) mass is 321 g/mol. The van der Waals surface area contributed by atoms with Crippen molar-refractivity contribution in [1.29, 1.82) is 0 Å². The van der Waals surface area contributed by atoms with Gasteiger partial charge in [0.25, 0.3) is 0 Å². The first-order chi connectivity index (χ1) is 10.7. The van der Waals surface area contributed by atoms with Crippen LogP contribution in [0.3, 0.4) is 0 Å². The minimum Gasteiger partial charge on any atom is -0.395 e. The van der Waals surface area contributed by atoms with Gasteiger partial charge in [0.1, 0.15) is 0 Å². The summed E-state index contributed by atoms with van der Waals surface area (Å²) in [6.45, 7) is 0.132. The van der Waals surface area contributed by atoms with Crippen molar-refractivity contribution in [2.75, 3.05) is 26.3 Å². The van der Waals surface area contributed by atoms with Crippen LogP contribution in [0.2, 0.25) is 0 Å². The highest BCUT2D eigenvalue weighted by molar-refractivity contribution is 7.65. The van der Waals surface area contributed by atoms with Crippen molar-refractivity contribution in [3.8, 4) is 0 Å². The topological polar surface area (TPSA) is 70.0 Å². The molecule has 6 heteroatoms. The highest BCUT2D eigenvalue weighted by atomic mass is 31.2. The van der Waals surface area contributed by atoms with Gasteiger partial charge in [-0.1, -0.05) is 36.4 Å². The van der Waals surface area contributed by atoms with Crippen LogP contribution < -0.4 is 5.30 Å². The summed E-state index contributed by atoms with van der Waals surface area (Å²) in [5.41, 5.74) is 1.98. The van der Waals surface area contributed by atoms with Crippen molar-refractivity contribution in [2.45, 2.75) is 12.5 Å². The van der Waals surface area contributed by atoms with E-state index >= 15 is 0 Å². The first-order valence-electron chi connectivity index (χ1n) is 7.43. The Morgan fingerprint density at radius 2 is 1.95 bits per heavy atom. The van der Waals surface area contributed by atoms with E-state index < -0.39 is 7.52 Å². The molecule has 0 bridgehead atoms. The molecule has 0 amide bonds. The van der Waals surface area contributed by atoms with Crippen molar-refractivity contribution < 1.29 is 19.3 Å². The van der Waals surface area contributed by atoms with Crippen LogP contribution in [0.25, 0.3) is 5.57 Å². The lowest BCUT2D eigenvalue weighted by atomic mass is 9.94. The Hall–Kier alpha value is -1.23. The van der Waals surface area contributed by atoms with E-state index in [0.717, 1.165) is 11.1 Å². The summed E-state index contributed by atoms with van der Waals surface area (Å²) in [6.07, 6.45) is 6.41. The second-order valence-corrected chi connectivity index (χ2v) is 7.62. The van der Waals surface area contributed by atoms with Crippen LogP contribution in [0.1, 0.15) is 12.0 Å². The third-order valence-corrected chi connectivity index (χ3v) is 6.67. The molecule has 118 valence electrons. The maximum absolute atomic E-state index is 13.6. The molecule has 0 saturated heterocycles. The molecule has 22 heavy (non-hydrogen) atoms. The van der Waals surface area contributed by atoms with Crippen molar-refractivity contribution in [2.24, 2.45) is 0 Å². The number of fused-ring (bicyclic) bond motifs is 3. The molecule has 0 radical (unpaired) electrons. The van der Waals surface area contributed by atoms with Gasteiger partial charge in [-0.05, 0) is 23.6 Å². The highest BCUT2D eigenvalue weighted by Gasteiger charge is 2.43. The predicted molar refractivity (Wildman–Crippen MR) is 86.0 cm³/mol. The van der Waals surface area contributed by atoms with Crippen LogP contribution in [0.4, 0.5) is 0 Å². The zero-order valence-electron chi connectivity index (χ0n) is 12.3. The van der Waals surface area contributed by atoms with E-state index in [4.69, 9.17) is 4.52 Å². The van der Waals surface area contributed by atoms with E-state index in [1.807, 2.05) is 42.5 Å². The van der Waals surface area contributed by atoms with Gasteiger partial charge in [0.2, 0.25) is 0 Å². The van der Waals surface area contributed by atoms with Gasteiger partial charge in [0, 0.05) is 13.1 Å². The fraction of sp³-hybridized carbons (Fsp3) is 0.375. The lowest BCUT2D eigenvalue weighted by Crippen LogP contribution is -2.38. The first-order valence-corrected chi connectivity index (χ1v) is 9.00. The normalized spacial score (nSPS) is 26.5. The van der Waals surface area contributed by atoms with Crippen LogP contribution in [0.15, 0.2) is 42.5 Å². The number of hydrogen-bond acceptors (Lipinski definition) is 4. The van der Waals surface area contributed by atoms with E-state index in [-0.39, 0.29) is 32.4 Å². The van der Waals surface area contributed by atoms with E-state index in [9.17, 15) is 14.8 Å². The Morgan fingerprint density at radius 3 is 2.68 bits per heavy atom. The number of nitrogens with zero attached hydrogens (tertiary/aromatic N) is 1. The number of allylic oxidation sites excluding steroid dienone is 2. The lowest BCUT2D eigenvalue weighted by Gasteiger charge is -2.39. The van der Waals surface area contributed by atoms with Gasteiger partial charge >= 0.3 is 7.52 Å². The second kappa shape index (κ2) is 6.49. The summed E-state index contributed by atoms with van der Waals surface area (Å²) in [5, 5.41) is 19.2. The molecule has 0 saturated carbocycles. The molecule has 1 aromatic carbocycles. The smallest absolute Gasteiger partial charge is 0.303 e. The number of aliphatic hydroxyl groups is 2. The summed E-state index contributed by atoms with van der Waals surface area (Å²) in [7, 11) is -3.30. The molecule has 5 nitrogen and oxygen atoms in total. The summed E-state index contributed by atoms with van der Waals surface area (Å²) < 4.78 is 21.2. The fourth-order valence-corrected chi connectivity index (χ4v) is 5.57. The third-order valence-electron chi connectivity index (χ3n) is 3.99. The molecular weight excluding hydrogens is 301 g/mol. The first kappa shape index (κ1) is 15.7. The van der Waals surface area contributed by atoms with E-state index in [1.54, 1.807) is 4.67 Å². The van der Waals surface area contributed by atoms with Crippen LogP contribution in [0, 0.1) is 0 Å². The average Bonchev–Trinajstić information content (AvgIpc) is 2.55. The van der Waals surface area contributed by atoms with Crippen molar-refractivity contribution >= 4 is 18.4 Å². The zero-order chi connectivity index (χ0) is 15.6. The van der Waals surface area contributed by atoms with Crippen LogP contribution >= 0.6 is 7.52 Å². The number of hydrogen-bond donors (Lipinski definition) is 2. The van der Waals surface area contributed by atoms with Crippen LogP contribution in [-0.4, -0.2) is 47.3 Å². The molecule has 2 N–H and O–H groups in total. The molecule has 2 atom stereocenters. The van der Waals surface area contributed by atoms with Gasteiger partial charge in [-0.2, -0.15) is 0 Å². The molecule has 1 aliphatic heterocycles. The molecule has 3 rings (SSSR count). The lowest BCUT2D eigenvalue weighted by molar-refractivity contribution is 0.180. The molecule has 1 heterocycles. The van der Waals surface area contributed by atoms with E-state index in [0.29, 0.717) is 11.7 Å². The second-order valence-electron chi connectivity index (χ2n) is 5.32. The van der Waals surface area contributed by atoms with Gasteiger partial charge in [-0.25, -0.2) is 4.67 Å². The van der Waals surface area contributed by atoms with Gasteiger partial charge in [-0.15, -0.1) is 0 Å². The Kier molecular flexibility index (Phi) is 4.62. The summed E-state index contributed by atoms with van der Waals surface area (Å²) in [4.78, 5) is 0. The molecule has 1 aromatic rings. The average molecular weight is 321 g/mol. The zero-order valence-corrected chi connectivity index (χ0v) is 13.2. The van der Waals surface area contributed by atoms with Gasteiger partial charge in [-0.3, -0.25) is 4.57 Å². The molecular formula is C16H20NO4P. The highest BCUT2D eigenvalue weighted by Crippen LogP contribution is 2.57. The van der Waals surface area contributed by atoms with E-state index in [2.05, 4.69) is 0 Å². The molecule has 0 spiro atoms. The number of rotatable bonds is 5. The minimum atomic E-state index is -3.30. The van der Waals surface area contributed by atoms with Gasteiger partial charge in [0.15, 0.2) is 0 Å². The van der Waals surface area contributed by atoms with Crippen molar-refractivity contribution in [1.82, 2.24) is 4.67 Å². The maximum Gasteiger partial charge on any atom is 0.303 e. The SMILES string of the molecule is O=P1(N(CCO)CCO)OC2CC=CC=C2c2ccccc21. The molecule has 0 aromatic heterocycles. The van der Waals surface area contributed by atoms with Gasteiger partial charge in [0.05, 0.1) is 24.6 Å². The van der Waals surface area contributed by atoms with E-state index in [1.165, 1.54) is 0 Å². The maximum atomic E-state index is 13.6. The minimum absolute atomic E-state index is 0.136. The summed E-state index contributed by atoms with van der Waals surface area (Å²) in [6, 6.07) is 7.53. The summed E-state index contributed by atoms with van der Waals surface area (Å²) >= 11 is 0.